The van der Waals surface area contributed by atoms with Gasteiger partial charge in [0.15, 0.2) is 0 Å². The van der Waals surface area contributed by atoms with Gasteiger partial charge in [0, 0.05) is 5.39 Å². The second kappa shape index (κ2) is 5.51. The average molecular weight is 268 g/mol. The molecular weight excluding hydrogens is 252 g/mol. The van der Waals surface area contributed by atoms with Crippen LogP contribution in [0.15, 0.2) is 53.2 Å². The van der Waals surface area contributed by atoms with Crippen LogP contribution >= 0.6 is 11.3 Å². The van der Waals surface area contributed by atoms with Crippen molar-refractivity contribution in [3.63, 3.8) is 0 Å². The zero-order chi connectivity index (χ0) is 13.1. The van der Waals surface area contributed by atoms with E-state index in [4.69, 9.17) is 4.98 Å². The predicted octanol–water partition coefficient (Wildman–Crippen LogP) is 3.80. The van der Waals surface area contributed by atoms with Gasteiger partial charge < -0.3 is 5.32 Å². The summed E-state index contributed by atoms with van der Waals surface area (Å²) < 4.78 is 0. The van der Waals surface area contributed by atoms with E-state index >= 15 is 0 Å². The van der Waals surface area contributed by atoms with E-state index in [1.54, 1.807) is 11.3 Å². The van der Waals surface area contributed by atoms with E-state index < -0.39 is 0 Å². The van der Waals surface area contributed by atoms with E-state index in [0.717, 1.165) is 17.6 Å². The highest BCUT2D eigenvalue weighted by Gasteiger charge is 2.12. The molecule has 1 atom stereocenters. The van der Waals surface area contributed by atoms with Crippen LogP contribution in [0.5, 0.6) is 0 Å². The molecule has 3 heteroatoms. The van der Waals surface area contributed by atoms with E-state index in [1.807, 2.05) is 19.2 Å². The van der Waals surface area contributed by atoms with Crippen molar-refractivity contribution in [2.24, 2.45) is 0 Å². The second-order valence-corrected chi connectivity index (χ2v) is 5.39. The van der Waals surface area contributed by atoms with Crippen molar-refractivity contribution in [1.29, 1.82) is 0 Å². The molecule has 3 rings (SSSR count). The SMILES string of the molecule is CNC(Cc1ccsc1)c1ccc2ccccc2n1. The Balaban J connectivity index is 1.92. The number of aromatic nitrogens is 1. The monoisotopic (exact) mass is 268 g/mol. The van der Waals surface area contributed by atoms with Crippen molar-refractivity contribution < 1.29 is 0 Å². The third kappa shape index (κ3) is 2.67. The number of fused-ring (bicyclic) bond motifs is 1. The Labute approximate surface area is 117 Å². The zero-order valence-corrected chi connectivity index (χ0v) is 11.7. The maximum absolute atomic E-state index is 4.77. The Morgan fingerprint density at radius 3 is 2.84 bits per heavy atom. The third-order valence-corrected chi connectivity index (χ3v) is 4.08. The normalized spacial score (nSPS) is 12.7. The molecule has 19 heavy (non-hydrogen) atoms. The summed E-state index contributed by atoms with van der Waals surface area (Å²) >= 11 is 1.74. The number of thiophene rings is 1. The number of pyridine rings is 1. The Bertz CT molecular complexity index is 661. The molecule has 0 aliphatic carbocycles. The number of hydrogen-bond acceptors (Lipinski definition) is 3. The molecule has 1 unspecified atom stereocenters. The fraction of sp³-hybridized carbons (Fsp3) is 0.188. The molecule has 1 N–H and O–H groups in total. The Hall–Kier alpha value is -1.71. The van der Waals surface area contributed by atoms with Crippen LogP contribution in [0, 0.1) is 0 Å². The van der Waals surface area contributed by atoms with Gasteiger partial charge in [-0.2, -0.15) is 11.3 Å². The summed E-state index contributed by atoms with van der Waals surface area (Å²) in [5.41, 5.74) is 3.53. The van der Waals surface area contributed by atoms with Gasteiger partial charge in [-0.25, -0.2) is 0 Å². The van der Waals surface area contributed by atoms with Crippen LogP contribution in [0.2, 0.25) is 0 Å². The minimum absolute atomic E-state index is 0.263. The van der Waals surface area contributed by atoms with Crippen LogP contribution in [0.3, 0.4) is 0 Å². The van der Waals surface area contributed by atoms with E-state index in [-0.39, 0.29) is 6.04 Å². The number of para-hydroxylation sites is 1. The summed E-state index contributed by atoms with van der Waals surface area (Å²) in [6, 6.07) is 15.0. The second-order valence-electron chi connectivity index (χ2n) is 4.61. The highest BCUT2D eigenvalue weighted by atomic mass is 32.1. The largest absolute Gasteiger partial charge is 0.311 e. The van der Waals surface area contributed by atoms with Crippen molar-refractivity contribution >= 4 is 22.2 Å². The molecule has 96 valence electrons. The Morgan fingerprint density at radius 2 is 2.05 bits per heavy atom. The van der Waals surface area contributed by atoms with Gasteiger partial charge in [0.25, 0.3) is 0 Å². The first-order chi connectivity index (χ1) is 9.36. The summed E-state index contributed by atoms with van der Waals surface area (Å²) in [4.78, 5) is 4.77. The molecule has 2 heterocycles. The lowest BCUT2D eigenvalue weighted by Crippen LogP contribution is -2.19. The van der Waals surface area contributed by atoms with Crippen LogP contribution in [0.4, 0.5) is 0 Å². The van der Waals surface area contributed by atoms with Crippen LogP contribution in [-0.2, 0) is 6.42 Å². The highest BCUT2D eigenvalue weighted by Crippen LogP contribution is 2.20. The zero-order valence-electron chi connectivity index (χ0n) is 10.8. The molecule has 0 saturated heterocycles. The number of nitrogens with one attached hydrogen (secondary N) is 1. The van der Waals surface area contributed by atoms with Crippen molar-refractivity contribution in [2.45, 2.75) is 12.5 Å². The molecule has 0 aliphatic rings. The molecule has 3 aromatic rings. The summed E-state index contributed by atoms with van der Waals surface area (Å²) in [7, 11) is 1.99. The lowest BCUT2D eigenvalue weighted by Gasteiger charge is -2.15. The number of nitrogens with zero attached hydrogens (tertiary/aromatic N) is 1. The molecule has 0 radical (unpaired) electrons. The highest BCUT2D eigenvalue weighted by molar-refractivity contribution is 7.07. The first-order valence-electron chi connectivity index (χ1n) is 6.41. The summed E-state index contributed by atoms with van der Waals surface area (Å²) in [5, 5.41) is 8.88. The van der Waals surface area contributed by atoms with Crippen molar-refractivity contribution in [3.05, 3.63) is 64.5 Å². The number of benzene rings is 1. The van der Waals surface area contributed by atoms with E-state index in [9.17, 15) is 0 Å². The minimum Gasteiger partial charge on any atom is -0.311 e. The first-order valence-corrected chi connectivity index (χ1v) is 7.35. The summed E-state index contributed by atoms with van der Waals surface area (Å²) in [5.74, 6) is 0. The maximum atomic E-state index is 4.77. The van der Waals surface area contributed by atoms with Gasteiger partial charge in [-0.15, -0.1) is 0 Å². The molecular formula is C16H16N2S. The van der Waals surface area contributed by atoms with Gasteiger partial charge in [-0.05, 0) is 48.0 Å². The van der Waals surface area contributed by atoms with Gasteiger partial charge in [0.2, 0.25) is 0 Å². The van der Waals surface area contributed by atoms with Crippen LogP contribution in [0.25, 0.3) is 10.9 Å². The van der Waals surface area contributed by atoms with Gasteiger partial charge in [-0.1, -0.05) is 24.3 Å². The summed E-state index contributed by atoms with van der Waals surface area (Å²) in [6.07, 6.45) is 0.978. The lowest BCUT2D eigenvalue weighted by atomic mass is 10.0. The van der Waals surface area contributed by atoms with Crippen LogP contribution < -0.4 is 5.32 Å². The molecule has 1 aromatic carbocycles. The maximum Gasteiger partial charge on any atom is 0.0706 e. The molecule has 2 nitrogen and oxygen atoms in total. The van der Waals surface area contributed by atoms with Gasteiger partial charge in [0.1, 0.15) is 0 Å². The molecule has 0 fully saturated rings. The van der Waals surface area contributed by atoms with Gasteiger partial charge in [-0.3, -0.25) is 4.98 Å². The minimum atomic E-state index is 0.263. The molecule has 2 aromatic heterocycles. The standard InChI is InChI=1S/C16H16N2S/c1-17-16(10-12-8-9-19-11-12)15-7-6-13-4-2-3-5-14(13)18-15/h2-9,11,16-17H,10H2,1H3. The lowest BCUT2D eigenvalue weighted by molar-refractivity contribution is 0.579. The first kappa shape index (κ1) is 12.3. The average Bonchev–Trinajstić information content (AvgIpc) is 2.97. The summed E-state index contributed by atoms with van der Waals surface area (Å²) in [6.45, 7) is 0. The molecule has 0 saturated carbocycles. The van der Waals surface area contributed by atoms with E-state index in [1.165, 1.54) is 10.9 Å². The van der Waals surface area contributed by atoms with Crippen molar-refractivity contribution in [3.8, 4) is 0 Å². The molecule has 0 amide bonds. The van der Waals surface area contributed by atoms with Crippen molar-refractivity contribution in [2.75, 3.05) is 7.05 Å². The number of likely N-dealkylation sites (N-methyl/N-ethyl adjacent to an activating group) is 1. The predicted molar refractivity (Wildman–Crippen MR) is 81.6 cm³/mol. The number of hydrogen-bond donors (Lipinski definition) is 1. The molecule has 0 bridgehead atoms. The van der Waals surface area contributed by atoms with Crippen molar-refractivity contribution in [1.82, 2.24) is 10.3 Å². The van der Waals surface area contributed by atoms with E-state index in [0.29, 0.717) is 0 Å². The fourth-order valence-corrected chi connectivity index (χ4v) is 2.96. The van der Waals surface area contributed by atoms with E-state index in [2.05, 4.69) is 46.4 Å². The Morgan fingerprint density at radius 1 is 1.16 bits per heavy atom. The molecule has 0 aliphatic heterocycles. The molecule has 0 spiro atoms. The third-order valence-electron chi connectivity index (χ3n) is 3.35. The quantitative estimate of drug-likeness (QED) is 0.778. The number of rotatable bonds is 4. The van der Waals surface area contributed by atoms with Crippen LogP contribution in [-0.4, -0.2) is 12.0 Å². The van der Waals surface area contributed by atoms with Gasteiger partial charge >= 0.3 is 0 Å². The smallest absolute Gasteiger partial charge is 0.0706 e. The van der Waals surface area contributed by atoms with Gasteiger partial charge in [0.05, 0.1) is 17.3 Å². The van der Waals surface area contributed by atoms with Crippen LogP contribution in [0.1, 0.15) is 17.3 Å². The topological polar surface area (TPSA) is 24.9 Å². The Kier molecular flexibility index (Phi) is 3.58. The fourth-order valence-electron chi connectivity index (χ4n) is 2.27.